The molecule has 1 aromatic rings. The van der Waals surface area contributed by atoms with Gasteiger partial charge in [-0.2, -0.15) is 11.8 Å². The number of hydrogen-bond acceptors (Lipinski definition) is 2. The molecule has 0 spiro atoms. The molecule has 0 heterocycles. The molecule has 0 bridgehead atoms. The van der Waals surface area contributed by atoms with Crippen LogP contribution in [0.4, 0.5) is 4.39 Å². The van der Waals surface area contributed by atoms with Gasteiger partial charge in [-0.1, -0.05) is 24.6 Å². The Kier molecular flexibility index (Phi) is 5.43. The van der Waals surface area contributed by atoms with Crippen LogP contribution in [0.3, 0.4) is 0 Å². The monoisotopic (exact) mass is 248 g/mol. The summed E-state index contributed by atoms with van der Waals surface area (Å²) in [6, 6.07) is 4.72. The van der Waals surface area contributed by atoms with Crippen LogP contribution in [-0.2, 0) is 5.75 Å². The summed E-state index contributed by atoms with van der Waals surface area (Å²) < 4.78 is 13.3. The van der Waals surface area contributed by atoms with E-state index in [4.69, 9.17) is 16.7 Å². The second-order valence-electron chi connectivity index (χ2n) is 3.37. The first-order chi connectivity index (χ1) is 7.13. The maximum Gasteiger partial charge on any atom is 0.128 e. The quantitative estimate of drug-likeness (QED) is 0.861. The fourth-order valence-electron chi connectivity index (χ4n) is 1.14. The third-order valence-electron chi connectivity index (χ3n) is 2.07. The summed E-state index contributed by atoms with van der Waals surface area (Å²) in [4.78, 5) is 0. The standard InChI is InChI=1S/C11H14ClFOS/c1-8(4-5-14)15-7-9-2-3-10(12)6-11(9)13/h2-3,6,8,14H,4-5,7H2,1H3. The fraction of sp³-hybridized carbons (Fsp3) is 0.455. The normalized spacial score (nSPS) is 12.8. The summed E-state index contributed by atoms with van der Waals surface area (Å²) >= 11 is 7.28. The lowest BCUT2D eigenvalue weighted by Crippen LogP contribution is -2.00. The Balaban J connectivity index is 2.50. The maximum atomic E-state index is 13.3. The van der Waals surface area contributed by atoms with Crippen LogP contribution in [0.1, 0.15) is 18.9 Å². The molecule has 0 aliphatic carbocycles. The summed E-state index contributed by atoms with van der Waals surface area (Å²) in [5, 5.41) is 9.48. The van der Waals surface area contributed by atoms with Crippen molar-refractivity contribution in [2.45, 2.75) is 24.3 Å². The first kappa shape index (κ1) is 12.8. The van der Waals surface area contributed by atoms with Crippen LogP contribution < -0.4 is 0 Å². The zero-order valence-corrected chi connectivity index (χ0v) is 10.1. The summed E-state index contributed by atoms with van der Waals surface area (Å²) in [6.45, 7) is 2.20. The molecule has 15 heavy (non-hydrogen) atoms. The van der Waals surface area contributed by atoms with Crippen LogP contribution in [0, 0.1) is 5.82 Å². The Bertz CT molecular complexity index is 319. The van der Waals surface area contributed by atoms with E-state index in [1.54, 1.807) is 23.9 Å². The molecule has 0 aliphatic heterocycles. The van der Waals surface area contributed by atoms with E-state index in [-0.39, 0.29) is 12.4 Å². The molecule has 0 amide bonds. The van der Waals surface area contributed by atoms with E-state index in [1.165, 1.54) is 6.07 Å². The van der Waals surface area contributed by atoms with E-state index < -0.39 is 0 Å². The minimum atomic E-state index is -0.258. The third kappa shape index (κ3) is 4.41. The van der Waals surface area contributed by atoms with E-state index in [0.29, 0.717) is 21.6 Å². The van der Waals surface area contributed by atoms with Crippen molar-refractivity contribution in [3.05, 3.63) is 34.6 Å². The van der Waals surface area contributed by atoms with E-state index in [2.05, 4.69) is 0 Å². The van der Waals surface area contributed by atoms with Crippen molar-refractivity contribution in [2.75, 3.05) is 6.61 Å². The van der Waals surface area contributed by atoms with Gasteiger partial charge in [-0.25, -0.2) is 4.39 Å². The number of aliphatic hydroxyl groups excluding tert-OH is 1. The highest BCUT2D eigenvalue weighted by Gasteiger charge is 2.06. The van der Waals surface area contributed by atoms with Crippen molar-refractivity contribution in [1.82, 2.24) is 0 Å². The maximum absolute atomic E-state index is 13.3. The Labute approximate surface area is 98.6 Å². The van der Waals surface area contributed by atoms with Crippen LogP contribution in [0.5, 0.6) is 0 Å². The van der Waals surface area contributed by atoms with Crippen molar-refractivity contribution < 1.29 is 9.50 Å². The first-order valence-corrected chi connectivity index (χ1v) is 6.22. The molecule has 0 aromatic heterocycles. The largest absolute Gasteiger partial charge is 0.396 e. The predicted octanol–water partition coefficient (Wildman–Crippen LogP) is 3.48. The second-order valence-corrected chi connectivity index (χ2v) is 5.23. The number of halogens is 2. The number of aliphatic hydroxyl groups is 1. The molecule has 1 atom stereocenters. The lowest BCUT2D eigenvalue weighted by molar-refractivity contribution is 0.289. The summed E-state index contributed by atoms with van der Waals surface area (Å²) in [5.41, 5.74) is 0.661. The van der Waals surface area contributed by atoms with Gasteiger partial charge in [0.05, 0.1) is 0 Å². The minimum Gasteiger partial charge on any atom is -0.396 e. The Morgan fingerprint density at radius 3 is 2.87 bits per heavy atom. The van der Waals surface area contributed by atoms with Gasteiger partial charge in [-0.3, -0.25) is 0 Å². The highest BCUT2D eigenvalue weighted by molar-refractivity contribution is 7.99. The number of hydrogen-bond donors (Lipinski definition) is 1. The molecule has 1 unspecified atom stereocenters. The van der Waals surface area contributed by atoms with Gasteiger partial charge in [-0.15, -0.1) is 0 Å². The molecule has 1 N–H and O–H groups in total. The van der Waals surface area contributed by atoms with Gasteiger partial charge in [0.25, 0.3) is 0 Å². The van der Waals surface area contributed by atoms with Crippen LogP contribution in [-0.4, -0.2) is 17.0 Å². The van der Waals surface area contributed by atoms with E-state index in [0.717, 1.165) is 6.42 Å². The molecule has 84 valence electrons. The zero-order chi connectivity index (χ0) is 11.3. The van der Waals surface area contributed by atoms with Crippen LogP contribution in [0.15, 0.2) is 18.2 Å². The first-order valence-electron chi connectivity index (χ1n) is 4.80. The summed E-state index contributed by atoms with van der Waals surface area (Å²) in [5.74, 6) is 0.357. The SMILES string of the molecule is CC(CCO)SCc1ccc(Cl)cc1F. The van der Waals surface area contributed by atoms with Crippen LogP contribution in [0.25, 0.3) is 0 Å². The number of rotatable bonds is 5. The van der Waals surface area contributed by atoms with Crippen molar-refractivity contribution in [3.8, 4) is 0 Å². The highest BCUT2D eigenvalue weighted by atomic mass is 35.5. The van der Waals surface area contributed by atoms with Crippen molar-refractivity contribution in [3.63, 3.8) is 0 Å². The van der Waals surface area contributed by atoms with Crippen LogP contribution in [0.2, 0.25) is 5.02 Å². The van der Waals surface area contributed by atoms with Crippen molar-refractivity contribution in [1.29, 1.82) is 0 Å². The van der Waals surface area contributed by atoms with Crippen molar-refractivity contribution in [2.24, 2.45) is 0 Å². The Hall–Kier alpha value is -0.250. The van der Waals surface area contributed by atoms with Gasteiger partial charge in [0.1, 0.15) is 5.82 Å². The Morgan fingerprint density at radius 1 is 1.53 bits per heavy atom. The average Bonchev–Trinajstić information content (AvgIpc) is 2.17. The van der Waals surface area contributed by atoms with Gasteiger partial charge in [0, 0.05) is 22.6 Å². The number of benzene rings is 1. The molecule has 1 aromatic carbocycles. The molecule has 0 radical (unpaired) electrons. The van der Waals surface area contributed by atoms with E-state index >= 15 is 0 Å². The lowest BCUT2D eigenvalue weighted by Gasteiger charge is -2.09. The zero-order valence-electron chi connectivity index (χ0n) is 8.54. The van der Waals surface area contributed by atoms with Crippen molar-refractivity contribution >= 4 is 23.4 Å². The molecule has 0 aliphatic rings. The Morgan fingerprint density at radius 2 is 2.27 bits per heavy atom. The number of thioether (sulfide) groups is 1. The third-order valence-corrected chi connectivity index (χ3v) is 3.59. The summed E-state index contributed by atoms with van der Waals surface area (Å²) in [6.07, 6.45) is 0.736. The molecule has 0 saturated carbocycles. The fourth-order valence-corrected chi connectivity index (χ4v) is 2.26. The topological polar surface area (TPSA) is 20.2 Å². The van der Waals surface area contributed by atoms with Gasteiger partial charge in [-0.05, 0) is 24.1 Å². The highest BCUT2D eigenvalue weighted by Crippen LogP contribution is 2.23. The average molecular weight is 249 g/mol. The van der Waals surface area contributed by atoms with Gasteiger partial charge in [0.2, 0.25) is 0 Å². The molecule has 1 rings (SSSR count). The lowest BCUT2D eigenvalue weighted by atomic mass is 10.2. The molecule has 0 saturated heterocycles. The van der Waals surface area contributed by atoms with E-state index in [1.807, 2.05) is 6.92 Å². The molecule has 1 nitrogen and oxygen atoms in total. The molecule has 0 fully saturated rings. The van der Waals surface area contributed by atoms with E-state index in [9.17, 15) is 4.39 Å². The molecular formula is C11H14ClFOS. The molecule has 4 heteroatoms. The van der Waals surface area contributed by atoms with Crippen LogP contribution >= 0.6 is 23.4 Å². The summed E-state index contributed by atoms with van der Waals surface area (Å²) in [7, 11) is 0. The predicted molar refractivity (Wildman–Crippen MR) is 63.9 cm³/mol. The van der Waals surface area contributed by atoms with Gasteiger partial charge >= 0.3 is 0 Å². The van der Waals surface area contributed by atoms with Gasteiger partial charge < -0.3 is 5.11 Å². The van der Waals surface area contributed by atoms with Gasteiger partial charge in [0.15, 0.2) is 0 Å². The molecular weight excluding hydrogens is 235 g/mol. The second kappa shape index (κ2) is 6.36. The smallest absolute Gasteiger partial charge is 0.128 e. The minimum absolute atomic E-state index is 0.178.